The predicted octanol–water partition coefficient (Wildman–Crippen LogP) is 3.09. The van der Waals surface area contributed by atoms with Crippen LogP contribution in [-0.4, -0.2) is 18.4 Å². The van der Waals surface area contributed by atoms with E-state index in [4.69, 9.17) is 10.00 Å². The van der Waals surface area contributed by atoms with Gasteiger partial charge in [-0.25, -0.2) is 4.79 Å². The largest absolute Gasteiger partial charge is 0.463 e. The van der Waals surface area contributed by atoms with Crippen molar-refractivity contribution in [3.8, 4) is 6.07 Å². The van der Waals surface area contributed by atoms with Gasteiger partial charge in [-0.2, -0.15) is 5.26 Å². The molecule has 0 saturated carbocycles. The van der Waals surface area contributed by atoms with Crippen molar-refractivity contribution in [2.24, 2.45) is 0 Å². The summed E-state index contributed by atoms with van der Waals surface area (Å²) < 4.78 is 5.24. The topological polar surface area (TPSA) is 79.2 Å². The first kappa shape index (κ1) is 17.0. The van der Waals surface area contributed by atoms with Gasteiger partial charge in [0.15, 0.2) is 5.78 Å². The number of nitrogens with one attached hydrogen (secondary N) is 1. The molecule has 5 nitrogen and oxygen atoms in total. The van der Waals surface area contributed by atoms with Crippen molar-refractivity contribution >= 4 is 11.8 Å². The molecule has 1 unspecified atom stereocenters. The number of hydrogen-bond acceptors (Lipinski definition) is 5. The number of dihydropyridines is 1. The number of carbonyl (C=O) groups is 2. The van der Waals surface area contributed by atoms with Gasteiger partial charge < -0.3 is 10.1 Å². The maximum Gasteiger partial charge on any atom is 0.336 e. The second-order valence-electron chi connectivity index (χ2n) is 6.22. The molecule has 2 aliphatic rings. The molecule has 128 valence electrons. The highest BCUT2D eigenvalue weighted by Crippen LogP contribution is 2.42. The summed E-state index contributed by atoms with van der Waals surface area (Å²) in [5.41, 5.74) is 4.12. The Kier molecular flexibility index (Phi) is 4.71. The maximum absolute atomic E-state index is 12.6. The van der Waals surface area contributed by atoms with Gasteiger partial charge in [-0.1, -0.05) is 12.1 Å². The Morgan fingerprint density at radius 3 is 2.68 bits per heavy atom. The van der Waals surface area contributed by atoms with Crippen molar-refractivity contribution in [3.05, 3.63) is 57.9 Å². The van der Waals surface area contributed by atoms with Crippen LogP contribution in [-0.2, 0) is 14.3 Å². The molecule has 5 heteroatoms. The highest BCUT2D eigenvalue weighted by Gasteiger charge is 2.38. The predicted molar refractivity (Wildman–Crippen MR) is 92.3 cm³/mol. The van der Waals surface area contributed by atoms with Crippen molar-refractivity contribution in [2.45, 2.75) is 39.0 Å². The number of carbonyl (C=O) groups excluding carboxylic acids is 2. The highest BCUT2D eigenvalue weighted by molar-refractivity contribution is 6.03. The minimum atomic E-state index is -0.448. The molecule has 0 fully saturated rings. The maximum atomic E-state index is 12.6. The number of esters is 1. The molecule has 0 aromatic heterocycles. The molecule has 3 rings (SSSR count). The van der Waals surface area contributed by atoms with E-state index in [0.29, 0.717) is 23.1 Å². The molecule has 0 saturated heterocycles. The fourth-order valence-electron chi connectivity index (χ4n) is 3.55. The highest BCUT2D eigenvalue weighted by atomic mass is 16.5. The average Bonchev–Trinajstić information content (AvgIpc) is 2.61. The van der Waals surface area contributed by atoms with Gasteiger partial charge in [-0.05, 0) is 44.4 Å². The van der Waals surface area contributed by atoms with E-state index in [0.717, 1.165) is 29.8 Å². The monoisotopic (exact) mass is 336 g/mol. The molecule has 1 aliphatic carbocycles. The van der Waals surface area contributed by atoms with Gasteiger partial charge in [-0.15, -0.1) is 0 Å². The zero-order valence-electron chi connectivity index (χ0n) is 14.4. The number of nitriles is 1. The molecule has 1 N–H and O–H groups in total. The van der Waals surface area contributed by atoms with Crippen LogP contribution >= 0.6 is 0 Å². The molecular weight excluding hydrogens is 316 g/mol. The third-order valence-electron chi connectivity index (χ3n) is 4.64. The first-order valence-corrected chi connectivity index (χ1v) is 8.48. The molecule has 1 aromatic rings. The molecular formula is C20H20N2O3. The van der Waals surface area contributed by atoms with Gasteiger partial charge >= 0.3 is 5.97 Å². The zero-order valence-corrected chi connectivity index (χ0v) is 14.4. The Hall–Kier alpha value is -2.87. The van der Waals surface area contributed by atoms with Gasteiger partial charge in [0.1, 0.15) is 0 Å². The van der Waals surface area contributed by atoms with Crippen molar-refractivity contribution in [3.63, 3.8) is 0 Å². The molecule has 0 bridgehead atoms. The number of allylic oxidation sites excluding steroid dienone is 3. The first-order valence-electron chi connectivity index (χ1n) is 8.48. The van der Waals surface area contributed by atoms with E-state index < -0.39 is 11.9 Å². The Bertz CT molecular complexity index is 825. The summed E-state index contributed by atoms with van der Waals surface area (Å²) in [6.07, 6.45) is 2.09. The van der Waals surface area contributed by atoms with Crippen LogP contribution in [0.2, 0.25) is 0 Å². The molecule has 1 aromatic carbocycles. The Balaban J connectivity index is 2.15. The third-order valence-corrected chi connectivity index (χ3v) is 4.64. The summed E-state index contributed by atoms with van der Waals surface area (Å²) in [7, 11) is 0. The number of benzene rings is 1. The number of rotatable bonds is 3. The normalized spacial score (nSPS) is 19.9. The lowest BCUT2D eigenvalue weighted by Crippen LogP contribution is -2.34. The van der Waals surface area contributed by atoms with Crippen LogP contribution in [0.4, 0.5) is 0 Å². The summed E-state index contributed by atoms with van der Waals surface area (Å²) in [6, 6.07) is 9.14. The van der Waals surface area contributed by atoms with Crippen molar-refractivity contribution < 1.29 is 14.3 Å². The summed E-state index contributed by atoms with van der Waals surface area (Å²) in [6.45, 7) is 3.87. The zero-order chi connectivity index (χ0) is 18.0. The number of ketones is 1. The van der Waals surface area contributed by atoms with Gasteiger partial charge in [0.05, 0.1) is 23.8 Å². The lowest BCUT2D eigenvalue weighted by atomic mass is 9.75. The van der Waals surface area contributed by atoms with Gasteiger partial charge in [0.2, 0.25) is 0 Å². The van der Waals surface area contributed by atoms with E-state index in [2.05, 4.69) is 11.4 Å². The molecule has 1 heterocycles. The first-order chi connectivity index (χ1) is 12.1. The third kappa shape index (κ3) is 3.08. The molecule has 25 heavy (non-hydrogen) atoms. The minimum Gasteiger partial charge on any atom is -0.463 e. The van der Waals surface area contributed by atoms with Gasteiger partial charge in [0.25, 0.3) is 0 Å². The summed E-state index contributed by atoms with van der Waals surface area (Å²) >= 11 is 0. The second kappa shape index (κ2) is 6.94. The van der Waals surface area contributed by atoms with E-state index in [1.807, 2.05) is 19.1 Å². The quantitative estimate of drug-likeness (QED) is 0.858. The van der Waals surface area contributed by atoms with Crippen molar-refractivity contribution in [1.29, 1.82) is 5.26 Å². The number of ether oxygens (including phenoxy) is 1. The van der Waals surface area contributed by atoms with E-state index in [1.165, 1.54) is 0 Å². The molecule has 1 atom stereocenters. The standard InChI is InChI=1S/C20H20N2O3/c1-3-25-20(24)17-12(2)22-15-5-4-6-16(23)19(15)18(17)14-9-7-13(11-21)8-10-14/h7-10,18,22H,3-6H2,1-2H3. The lowest BCUT2D eigenvalue weighted by Gasteiger charge is -2.34. The number of Topliss-reactive ketones (excluding diaryl/α,β-unsaturated/α-hetero) is 1. The summed E-state index contributed by atoms with van der Waals surface area (Å²) in [5.74, 6) is -0.792. The Morgan fingerprint density at radius 2 is 2.04 bits per heavy atom. The smallest absolute Gasteiger partial charge is 0.336 e. The molecule has 1 aliphatic heterocycles. The molecule has 0 spiro atoms. The number of nitrogens with zero attached hydrogens (tertiary/aromatic N) is 1. The van der Waals surface area contributed by atoms with Crippen LogP contribution in [0.25, 0.3) is 0 Å². The van der Waals surface area contributed by atoms with Crippen molar-refractivity contribution in [1.82, 2.24) is 5.32 Å². The molecule has 0 amide bonds. The lowest BCUT2D eigenvalue weighted by molar-refractivity contribution is -0.138. The van der Waals surface area contributed by atoms with E-state index in [1.54, 1.807) is 19.1 Å². The van der Waals surface area contributed by atoms with Crippen LogP contribution < -0.4 is 5.32 Å². The van der Waals surface area contributed by atoms with Crippen molar-refractivity contribution in [2.75, 3.05) is 6.61 Å². The summed E-state index contributed by atoms with van der Waals surface area (Å²) in [4.78, 5) is 25.2. The summed E-state index contributed by atoms with van der Waals surface area (Å²) in [5, 5.41) is 12.3. The van der Waals surface area contributed by atoms with Crippen LogP contribution in [0, 0.1) is 11.3 Å². The van der Waals surface area contributed by atoms with E-state index >= 15 is 0 Å². The average molecular weight is 336 g/mol. The van der Waals surface area contributed by atoms with Crippen LogP contribution in [0.3, 0.4) is 0 Å². The Morgan fingerprint density at radius 1 is 1.32 bits per heavy atom. The molecule has 0 radical (unpaired) electrons. The minimum absolute atomic E-state index is 0.0670. The van der Waals surface area contributed by atoms with Gasteiger partial charge in [0, 0.05) is 29.3 Å². The van der Waals surface area contributed by atoms with Crippen LogP contribution in [0.5, 0.6) is 0 Å². The fourth-order valence-corrected chi connectivity index (χ4v) is 3.55. The second-order valence-corrected chi connectivity index (χ2v) is 6.22. The van der Waals surface area contributed by atoms with E-state index in [9.17, 15) is 9.59 Å². The van der Waals surface area contributed by atoms with Gasteiger partial charge in [-0.3, -0.25) is 4.79 Å². The van der Waals surface area contributed by atoms with E-state index in [-0.39, 0.29) is 12.4 Å². The Labute approximate surface area is 147 Å². The van der Waals surface area contributed by atoms with Crippen LogP contribution in [0.15, 0.2) is 46.8 Å². The SMILES string of the molecule is CCOC(=O)C1=C(C)NC2=C(C(=O)CCC2)C1c1ccc(C#N)cc1. The fraction of sp³-hybridized carbons (Fsp3) is 0.350. The van der Waals surface area contributed by atoms with Crippen LogP contribution in [0.1, 0.15) is 50.2 Å². The number of hydrogen-bond donors (Lipinski definition) is 1.